The number of benzene rings is 3. The summed E-state index contributed by atoms with van der Waals surface area (Å²) < 4.78 is 0. The highest BCUT2D eigenvalue weighted by Gasteiger charge is 2.05. The largest absolute Gasteiger partial charge is 0.376 e. The van der Waals surface area contributed by atoms with Crippen LogP contribution in [0.5, 0.6) is 0 Å². The number of hydrogen-bond donors (Lipinski definition) is 0. The molecule has 0 saturated heterocycles. The molecule has 3 rings (SSSR count). The summed E-state index contributed by atoms with van der Waals surface area (Å²) >= 11 is 14.7. The highest BCUT2D eigenvalue weighted by Crippen LogP contribution is 2.31. The second-order valence-corrected chi connectivity index (χ2v) is 16.6. The fraction of sp³-hybridized carbons (Fsp3) is 0.500. The number of halogens is 3. The molecule has 41 heavy (non-hydrogen) atoms. The highest BCUT2D eigenvalue weighted by molar-refractivity contribution is 7.54. The molecular weight excluding hydrogens is 595 g/mol. The summed E-state index contributed by atoms with van der Waals surface area (Å²) in [4.78, 5) is 0. The van der Waals surface area contributed by atoms with Crippen molar-refractivity contribution in [2.75, 3.05) is 0 Å². The van der Waals surface area contributed by atoms with E-state index in [1.54, 1.807) is 0 Å². The van der Waals surface area contributed by atoms with Crippen molar-refractivity contribution in [1.29, 1.82) is 0 Å². The maximum absolute atomic E-state index is 4.91. The molecule has 224 valence electrons. The maximum atomic E-state index is 4.91. The second-order valence-electron chi connectivity index (χ2n) is 10.5. The molecule has 0 N–H and O–H groups in total. The summed E-state index contributed by atoms with van der Waals surface area (Å²) in [7, 11) is 3.53. The van der Waals surface area contributed by atoms with Crippen LogP contribution in [0, 0.1) is 0 Å². The summed E-state index contributed by atoms with van der Waals surface area (Å²) in [5, 5.41) is 0. The van der Waals surface area contributed by atoms with E-state index in [1.807, 2.05) is 0 Å². The second kappa shape index (κ2) is 27.8. The summed E-state index contributed by atoms with van der Waals surface area (Å²) in [5.41, 5.74) is 5.09. The topological polar surface area (TPSA) is 0 Å². The van der Waals surface area contributed by atoms with Gasteiger partial charge in [-0.2, -0.15) is 0 Å². The average molecular weight is 646 g/mol. The monoisotopic (exact) mass is 644 g/mol. The van der Waals surface area contributed by atoms with Crippen LogP contribution in [0.1, 0.15) is 110 Å². The van der Waals surface area contributed by atoms with E-state index in [9.17, 15) is 0 Å². The molecule has 0 aromatic heterocycles. The van der Waals surface area contributed by atoms with Crippen LogP contribution in [0.2, 0.25) is 6.04 Å². The Morgan fingerprint density at radius 3 is 1.00 bits per heavy atom. The third-order valence-corrected chi connectivity index (χ3v) is 7.48. The first-order valence-electron chi connectivity index (χ1n) is 15.8. The van der Waals surface area contributed by atoms with Gasteiger partial charge in [-0.3, -0.25) is 0 Å². The number of rotatable bonds is 18. The van der Waals surface area contributed by atoms with Gasteiger partial charge in [0, 0.05) is 10.2 Å². The molecule has 0 saturated carbocycles. The van der Waals surface area contributed by atoms with Crippen molar-refractivity contribution in [2.45, 2.75) is 116 Å². The molecule has 0 spiro atoms. The zero-order valence-corrected chi connectivity index (χ0v) is 29.5. The van der Waals surface area contributed by atoms with Gasteiger partial charge in [-0.25, -0.2) is 0 Å². The van der Waals surface area contributed by atoms with Gasteiger partial charge in [0.2, 0.25) is 0 Å². The van der Waals surface area contributed by atoms with Gasteiger partial charge in [-0.05, 0) is 22.3 Å². The first kappa shape index (κ1) is 38.0. The van der Waals surface area contributed by atoms with Crippen molar-refractivity contribution >= 4 is 50.2 Å². The molecule has 0 fully saturated rings. The van der Waals surface area contributed by atoms with Crippen LogP contribution in [0.4, 0.5) is 0 Å². The van der Waals surface area contributed by atoms with Crippen molar-refractivity contribution in [3.05, 3.63) is 84.9 Å². The molecular formula is C36H51Cl3Si2. The van der Waals surface area contributed by atoms with Gasteiger partial charge in [0.05, 0.1) is 0 Å². The molecule has 0 heterocycles. The highest BCUT2D eigenvalue weighted by atomic mass is 35.8. The van der Waals surface area contributed by atoms with Gasteiger partial charge >= 0.3 is 6.73 Å². The van der Waals surface area contributed by atoms with Crippen LogP contribution < -0.4 is 0 Å². The van der Waals surface area contributed by atoms with Crippen LogP contribution in [0.3, 0.4) is 0 Å². The van der Waals surface area contributed by atoms with Gasteiger partial charge in [0.25, 0.3) is 0 Å². The lowest BCUT2D eigenvalue weighted by molar-refractivity contribution is 0.531. The fourth-order valence-electron chi connectivity index (χ4n) is 4.90. The minimum atomic E-state index is -1.46. The maximum Gasteiger partial charge on any atom is 0.376 e. The van der Waals surface area contributed by atoms with E-state index < -0.39 is 6.73 Å². The molecule has 0 aliphatic heterocycles. The lowest BCUT2D eigenvalue weighted by atomic mass is 9.95. The number of hydrogen-bond acceptors (Lipinski definition) is 0. The first-order valence-corrected chi connectivity index (χ1v) is 21.0. The van der Waals surface area contributed by atoms with Gasteiger partial charge in [0.15, 0.2) is 0 Å². The van der Waals surface area contributed by atoms with Gasteiger partial charge in [-0.1, -0.05) is 201 Å². The van der Waals surface area contributed by atoms with E-state index in [4.69, 9.17) is 33.2 Å². The third-order valence-electron chi connectivity index (χ3n) is 7.13. The van der Waals surface area contributed by atoms with E-state index in [-0.39, 0.29) is 0 Å². The third kappa shape index (κ3) is 21.3. The van der Waals surface area contributed by atoms with E-state index >= 15 is 0 Å². The standard InChI is InChI=1S/C18H37Si.C18H14.Cl3Si/c1-2-3-4-5-6-7-8-9-10-11-12-13-14-15-16-17-18-19;1-3-9-15(10-4-1)17-13-7-8-14-18(17)16-11-5-2-6-12-16;1-4(2)3/h2-18H2,1H3;1-14H;. The Balaban J connectivity index is 0.000000363. The Labute approximate surface area is 271 Å². The van der Waals surface area contributed by atoms with Crippen molar-refractivity contribution in [1.82, 2.24) is 0 Å². The van der Waals surface area contributed by atoms with Crippen molar-refractivity contribution in [3.8, 4) is 22.3 Å². The Hall–Kier alpha value is -1.04. The van der Waals surface area contributed by atoms with Crippen LogP contribution in [-0.2, 0) is 0 Å². The van der Waals surface area contributed by atoms with E-state index in [1.165, 1.54) is 131 Å². The van der Waals surface area contributed by atoms with Crippen molar-refractivity contribution in [2.24, 2.45) is 0 Å². The zero-order valence-electron chi connectivity index (χ0n) is 25.2. The molecule has 3 aromatic rings. The summed E-state index contributed by atoms with van der Waals surface area (Å²) in [6.07, 6.45) is 23.3. The van der Waals surface area contributed by atoms with Crippen molar-refractivity contribution < 1.29 is 0 Å². The molecule has 0 bridgehead atoms. The molecule has 0 aliphatic carbocycles. The van der Waals surface area contributed by atoms with E-state index in [0.717, 1.165) is 0 Å². The average Bonchev–Trinajstić information content (AvgIpc) is 3.00. The summed E-state index contributed by atoms with van der Waals surface area (Å²) in [6, 6.07) is 30.8. The molecule has 0 unspecified atom stereocenters. The number of unbranched alkanes of at least 4 members (excludes halogenated alkanes) is 15. The molecule has 0 aliphatic rings. The lowest BCUT2D eigenvalue weighted by Gasteiger charge is -2.09. The Morgan fingerprint density at radius 1 is 0.439 bits per heavy atom. The van der Waals surface area contributed by atoms with Gasteiger partial charge in [0.1, 0.15) is 0 Å². The lowest BCUT2D eigenvalue weighted by Crippen LogP contribution is -1.83. The summed E-state index contributed by atoms with van der Waals surface area (Å²) in [5.74, 6) is 0. The first-order chi connectivity index (χ1) is 20.1. The molecule has 0 nitrogen and oxygen atoms in total. The normalized spacial score (nSPS) is 10.5. The zero-order chi connectivity index (χ0) is 29.8. The Morgan fingerprint density at radius 2 is 0.707 bits per heavy atom. The molecule has 0 atom stereocenters. The Kier molecular flexibility index (Phi) is 25.7. The Bertz CT molecular complexity index is 874. The van der Waals surface area contributed by atoms with Crippen molar-refractivity contribution in [3.63, 3.8) is 0 Å². The van der Waals surface area contributed by atoms with Crippen LogP contribution >= 0.6 is 33.2 Å². The molecule has 4 radical (unpaired) electrons. The molecule has 0 amide bonds. The summed E-state index contributed by atoms with van der Waals surface area (Å²) in [6.45, 7) is 0.830. The van der Waals surface area contributed by atoms with Crippen LogP contribution in [-0.4, -0.2) is 17.0 Å². The molecule has 5 heteroatoms. The van der Waals surface area contributed by atoms with Gasteiger partial charge in [-0.15, -0.1) is 33.2 Å². The minimum Gasteiger partial charge on any atom is -0.125 e. The predicted molar refractivity (Wildman–Crippen MR) is 191 cm³/mol. The quantitative estimate of drug-likeness (QED) is 0.0733. The van der Waals surface area contributed by atoms with Gasteiger partial charge < -0.3 is 0 Å². The smallest absolute Gasteiger partial charge is 0.125 e. The van der Waals surface area contributed by atoms with Crippen LogP contribution in [0.25, 0.3) is 22.3 Å². The SMILES string of the molecule is CCCCCCCCCCCCCCCCCC[Si].Cl[Si](Cl)Cl.c1ccc(-c2ccccc2-c2ccccc2)cc1. The predicted octanol–water partition coefficient (Wildman–Crippen LogP) is 13.5. The van der Waals surface area contributed by atoms with E-state index in [0.29, 0.717) is 0 Å². The van der Waals surface area contributed by atoms with Crippen LogP contribution in [0.15, 0.2) is 84.9 Å². The fourth-order valence-corrected chi connectivity index (χ4v) is 5.15. The minimum absolute atomic E-state index is 1.18. The molecule has 3 aromatic carbocycles. The van der Waals surface area contributed by atoms with E-state index in [2.05, 4.69) is 102 Å².